The van der Waals surface area contributed by atoms with Gasteiger partial charge in [-0.2, -0.15) is 13.2 Å². The third kappa shape index (κ3) is 6.03. The maximum atomic E-state index is 13.4. The molecule has 0 radical (unpaired) electrons. The summed E-state index contributed by atoms with van der Waals surface area (Å²) < 4.78 is 42.3. The van der Waals surface area contributed by atoms with E-state index in [1.165, 1.54) is 33.8 Å². The Labute approximate surface area is 244 Å². The molecule has 2 aromatic carbocycles. The number of para-hydroxylation sites is 1. The number of aliphatic hydroxyl groups is 1. The summed E-state index contributed by atoms with van der Waals surface area (Å²) in [6.07, 6.45) is -7.84. The van der Waals surface area contributed by atoms with Gasteiger partial charge in [-0.05, 0) is 36.4 Å². The van der Waals surface area contributed by atoms with Crippen LogP contribution < -0.4 is 11.0 Å². The predicted octanol–water partition coefficient (Wildman–Crippen LogP) is 2.14. The zero-order chi connectivity index (χ0) is 30.2. The van der Waals surface area contributed by atoms with Gasteiger partial charge in [-0.25, -0.2) is 19.1 Å². The number of carbonyl (C=O) groups excluding carboxylic acids is 2. The van der Waals surface area contributed by atoms with Gasteiger partial charge in [-0.3, -0.25) is 14.2 Å². The van der Waals surface area contributed by atoms with Crippen molar-refractivity contribution < 1.29 is 27.9 Å². The number of halogens is 5. The predicted molar refractivity (Wildman–Crippen MR) is 143 cm³/mol. The number of hydrogen-bond donors (Lipinski definition) is 2. The minimum absolute atomic E-state index is 0.0921. The van der Waals surface area contributed by atoms with Crippen LogP contribution >= 0.6 is 23.2 Å². The number of piperazine rings is 1. The second kappa shape index (κ2) is 11.6. The van der Waals surface area contributed by atoms with Gasteiger partial charge in [-0.1, -0.05) is 35.3 Å². The molecular formula is C25H21Cl2F3N8O4. The molecule has 3 heterocycles. The molecule has 1 fully saturated rings. The van der Waals surface area contributed by atoms with E-state index in [1.54, 1.807) is 24.3 Å². The van der Waals surface area contributed by atoms with Crippen molar-refractivity contribution in [3.05, 3.63) is 80.7 Å². The summed E-state index contributed by atoms with van der Waals surface area (Å²) in [6.45, 7) is -1.33. The third-order valence-electron chi connectivity index (χ3n) is 6.30. The SMILES string of the molecule is O=C1CN(C(=O)c2nc(Cn3nc(-c4ccc(Cl)cc4)n(CC(O)C(F)(F)F)c3=O)nn2-c2ccccc2Cl)CCN1. The Kier molecular flexibility index (Phi) is 8.08. The molecule has 1 aliphatic rings. The number of rotatable bonds is 7. The van der Waals surface area contributed by atoms with E-state index in [4.69, 9.17) is 23.2 Å². The quantitative estimate of drug-likeness (QED) is 0.321. The van der Waals surface area contributed by atoms with E-state index in [-0.39, 0.29) is 59.3 Å². The molecule has 220 valence electrons. The van der Waals surface area contributed by atoms with Gasteiger partial charge < -0.3 is 15.3 Å². The Balaban J connectivity index is 1.57. The number of aliphatic hydroxyl groups excluding tert-OH is 1. The molecule has 5 rings (SSSR count). The van der Waals surface area contributed by atoms with Crippen molar-refractivity contribution in [1.82, 2.24) is 39.3 Å². The molecule has 1 aliphatic heterocycles. The summed E-state index contributed by atoms with van der Waals surface area (Å²) in [7, 11) is 0. The summed E-state index contributed by atoms with van der Waals surface area (Å²) in [5.74, 6) is -1.44. The topological polar surface area (TPSA) is 140 Å². The highest BCUT2D eigenvalue weighted by Gasteiger charge is 2.39. The van der Waals surface area contributed by atoms with Crippen LogP contribution in [0.2, 0.25) is 10.0 Å². The molecule has 4 aromatic rings. The lowest BCUT2D eigenvalue weighted by Crippen LogP contribution is -2.50. The van der Waals surface area contributed by atoms with E-state index in [0.717, 1.165) is 4.68 Å². The lowest BCUT2D eigenvalue weighted by molar-refractivity contribution is -0.207. The summed E-state index contributed by atoms with van der Waals surface area (Å²) in [4.78, 5) is 44.2. The Morgan fingerprint density at radius 2 is 1.79 bits per heavy atom. The summed E-state index contributed by atoms with van der Waals surface area (Å²) in [5, 5.41) is 21.5. The number of nitrogens with one attached hydrogen (secondary N) is 1. The minimum atomic E-state index is -4.99. The van der Waals surface area contributed by atoms with Gasteiger partial charge >= 0.3 is 11.9 Å². The van der Waals surface area contributed by atoms with Gasteiger partial charge in [0.15, 0.2) is 17.8 Å². The monoisotopic (exact) mass is 624 g/mol. The lowest BCUT2D eigenvalue weighted by Gasteiger charge is -2.26. The number of aromatic nitrogens is 6. The van der Waals surface area contributed by atoms with Gasteiger partial charge in [0, 0.05) is 23.7 Å². The van der Waals surface area contributed by atoms with Gasteiger partial charge in [-0.15, -0.1) is 10.2 Å². The number of nitrogens with zero attached hydrogens (tertiary/aromatic N) is 7. The maximum absolute atomic E-state index is 13.4. The summed E-state index contributed by atoms with van der Waals surface area (Å²) in [6, 6.07) is 12.3. The van der Waals surface area contributed by atoms with Gasteiger partial charge in [0.05, 0.1) is 17.3 Å². The standard InChI is InChI=1S/C25H21Cl2F3N8O4/c26-15-7-5-14(6-8-15)21-34-37(24(42)36(21)11-18(39)25(28,29)30)12-19-32-22(23(41)35-10-9-31-20(40)13-35)38(33-19)17-4-2-1-3-16(17)27/h1-8,18,39H,9-13H2,(H,31,40). The van der Waals surface area contributed by atoms with Crippen LogP contribution in [-0.4, -0.2) is 82.8 Å². The second-order valence-corrected chi connectivity index (χ2v) is 10.1. The first-order valence-electron chi connectivity index (χ1n) is 12.4. The normalized spacial score (nSPS) is 14.6. The molecule has 42 heavy (non-hydrogen) atoms. The number of amides is 2. The van der Waals surface area contributed by atoms with Crippen LogP contribution in [-0.2, 0) is 17.9 Å². The summed E-state index contributed by atoms with van der Waals surface area (Å²) in [5.41, 5.74) is -0.438. The molecule has 12 nitrogen and oxygen atoms in total. The van der Waals surface area contributed by atoms with E-state index in [9.17, 15) is 32.7 Å². The van der Waals surface area contributed by atoms with E-state index in [0.29, 0.717) is 9.59 Å². The number of carbonyl (C=O) groups is 2. The molecule has 1 unspecified atom stereocenters. The van der Waals surface area contributed by atoms with E-state index >= 15 is 0 Å². The van der Waals surface area contributed by atoms with Gasteiger partial charge in [0.1, 0.15) is 13.1 Å². The Morgan fingerprint density at radius 1 is 1.07 bits per heavy atom. The van der Waals surface area contributed by atoms with Crippen LogP contribution in [0.5, 0.6) is 0 Å². The molecule has 0 spiro atoms. The van der Waals surface area contributed by atoms with Crippen molar-refractivity contribution >= 4 is 35.0 Å². The number of benzene rings is 2. The lowest BCUT2D eigenvalue weighted by atomic mass is 10.2. The van der Waals surface area contributed by atoms with Crippen molar-refractivity contribution in [1.29, 1.82) is 0 Å². The number of alkyl halides is 3. The molecule has 0 aliphatic carbocycles. The molecule has 2 aromatic heterocycles. The number of hydrogen-bond acceptors (Lipinski definition) is 7. The average Bonchev–Trinajstić information content (AvgIpc) is 3.49. The fourth-order valence-electron chi connectivity index (χ4n) is 4.24. The summed E-state index contributed by atoms with van der Waals surface area (Å²) >= 11 is 12.3. The van der Waals surface area contributed by atoms with Crippen LogP contribution in [0, 0.1) is 0 Å². The third-order valence-corrected chi connectivity index (χ3v) is 6.87. The van der Waals surface area contributed by atoms with Gasteiger partial charge in [0.25, 0.3) is 5.91 Å². The van der Waals surface area contributed by atoms with Crippen molar-refractivity contribution in [2.24, 2.45) is 0 Å². The molecule has 2 N–H and O–H groups in total. The van der Waals surface area contributed by atoms with E-state index in [2.05, 4.69) is 20.5 Å². The first kappa shape index (κ1) is 29.3. The fraction of sp³-hybridized carbons (Fsp3) is 0.280. The van der Waals surface area contributed by atoms with Crippen molar-refractivity contribution in [3.8, 4) is 17.1 Å². The smallest absolute Gasteiger partial charge is 0.382 e. The minimum Gasteiger partial charge on any atom is -0.382 e. The zero-order valence-corrected chi connectivity index (χ0v) is 22.9. The van der Waals surface area contributed by atoms with Crippen LogP contribution in [0.15, 0.2) is 53.3 Å². The maximum Gasteiger partial charge on any atom is 0.416 e. The molecule has 1 saturated heterocycles. The van der Waals surface area contributed by atoms with Crippen molar-refractivity contribution in [2.45, 2.75) is 25.4 Å². The Morgan fingerprint density at radius 3 is 2.45 bits per heavy atom. The van der Waals surface area contributed by atoms with Crippen LogP contribution in [0.25, 0.3) is 17.1 Å². The molecule has 0 bridgehead atoms. The van der Waals surface area contributed by atoms with Crippen LogP contribution in [0.1, 0.15) is 16.4 Å². The fourth-order valence-corrected chi connectivity index (χ4v) is 4.58. The van der Waals surface area contributed by atoms with Crippen LogP contribution in [0.4, 0.5) is 13.2 Å². The molecule has 1 atom stereocenters. The first-order valence-corrected chi connectivity index (χ1v) is 13.1. The molecule has 17 heteroatoms. The largest absolute Gasteiger partial charge is 0.416 e. The average molecular weight is 625 g/mol. The first-order chi connectivity index (χ1) is 19.9. The van der Waals surface area contributed by atoms with Crippen molar-refractivity contribution in [3.63, 3.8) is 0 Å². The molecule has 0 saturated carbocycles. The highest BCUT2D eigenvalue weighted by molar-refractivity contribution is 6.32. The van der Waals surface area contributed by atoms with Crippen LogP contribution in [0.3, 0.4) is 0 Å². The van der Waals surface area contributed by atoms with E-state index in [1.807, 2.05) is 0 Å². The molecular weight excluding hydrogens is 604 g/mol. The Bertz CT molecular complexity index is 1700. The second-order valence-electron chi connectivity index (χ2n) is 9.23. The highest BCUT2D eigenvalue weighted by atomic mass is 35.5. The van der Waals surface area contributed by atoms with Gasteiger partial charge in [0.2, 0.25) is 11.7 Å². The zero-order valence-electron chi connectivity index (χ0n) is 21.4. The van der Waals surface area contributed by atoms with E-state index < -0.39 is 37.0 Å². The Hall–Kier alpha value is -4.21. The highest BCUT2D eigenvalue weighted by Crippen LogP contribution is 2.25. The molecule has 2 amide bonds. The van der Waals surface area contributed by atoms with Crippen molar-refractivity contribution in [2.75, 3.05) is 19.6 Å².